The highest BCUT2D eigenvalue weighted by Crippen LogP contribution is 2.34. The van der Waals surface area contributed by atoms with Gasteiger partial charge in [0.05, 0.1) is 22.8 Å². The predicted molar refractivity (Wildman–Crippen MR) is 120 cm³/mol. The molecule has 1 amide bonds. The second kappa shape index (κ2) is 7.88. The van der Waals surface area contributed by atoms with Crippen molar-refractivity contribution in [3.63, 3.8) is 0 Å². The van der Waals surface area contributed by atoms with E-state index in [1.165, 1.54) is 0 Å². The van der Waals surface area contributed by atoms with Crippen LogP contribution in [0.1, 0.15) is 46.9 Å². The summed E-state index contributed by atoms with van der Waals surface area (Å²) in [6.45, 7) is 4.06. The quantitative estimate of drug-likeness (QED) is 0.503. The lowest BCUT2D eigenvalue weighted by molar-refractivity contribution is 0.0940. The molecule has 2 aliphatic heterocycles. The third-order valence-electron chi connectivity index (χ3n) is 6.07. The minimum absolute atomic E-state index is 0.0312. The number of anilines is 1. The molecule has 0 radical (unpaired) electrons. The van der Waals surface area contributed by atoms with E-state index in [-0.39, 0.29) is 11.8 Å². The van der Waals surface area contributed by atoms with E-state index in [0.717, 1.165) is 58.9 Å². The molecule has 2 N–H and O–H groups in total. The predicted octanol–water partition coefficient (Wildman–Crippen LogP) is 3.83. The number of rotatable bonds is 3. The van der Waals surface area contributed by atoms with Crippen molar-refractivity contribution in [1.82, 2.24) is 20.3 Å². The van der Waals surface area contributed by atoms with Crippen LogP contribution in [0.3, 0.4) is 0 Å². The highest BCUT2D eigenvalue weighted by atomic mass is 16.1. The number of amides is 1. The van der Waals surface area contributed by atoms with Gasteiger partial charge in [0, 0.05) is 48.9 Å². The first kappa shape index (κ1) is 19.3. The van der Waals surface area contributed by atoms with Crippen LogP contribution in [0.2, 0.25) is 0 Å². The van der Waals surface area contributed by atoms with Crippen molar-refractivity contribution in [2.75, 3.05) is 24.5 Å². The summed E-state index contributed by atoms with van der Waals surface area (Å²) in [5, 5.41) is 12.0. The Morgan fingerprint density at radius 2 is 2.16 bits per heavy atom. The number of para-hydroxylation sites is 1. The number of aromatic amines is 1. The minimum atomic E-state index is -0.0312. The van der Waals surface area contributed by atoms with Crippen LogP contribution in [0, 0.1) is 18.3 Å². The number of allylic oxidation sites excluding steroid dienone is 1. The van der Waals surface area contributed by atoms with Gasteiger partial charge in [0.25, 0.3) is 5.91 Å². The maximum absolute atomic E-state index is 12.5. The molecule has 3 aromatic rings. The van der Waals surface area contributed by atoms with Gasteiger partial charge in [-0.25, -0.2) is 9.97 Å². The van der Waals surface area contributed by atoms with Gasteiger partial charge in [0.2, 0.25) is 0 Å². The average Bonchev–Trinajstić information content (AvgIpc) is 3.22. The fraction of sp³-hybridized carbons (Fsp3) is 0.333. The van der Waals surface area contributed by atoms with Crippen LogP contribution in [-0.4, -0.2) is 40.5 Å². The highest BCUT2D eigenvalue weighted by Gasteiger charge is 2.28. The fourth-order valence-corrected chi connectivity index (χ4v) is 4.51. The largest absolute Gasteiger partial charge is 0.357 e. The first-order chi connectivity index (χ1) is 15.2. The molecule has 1 aromatic carbocycles. The Labute approximate surface area is 180 Å². The van der Waals surface area contributed by atoms with Gasteiger partial charge in [-0.2, -0.15) is 5.26 Å². The third kappa shape index (κ3) is 3.44. The van der Waals surface area contributed by atoms with Gasteiger partial charge in [-0.15, -0.1) is 0 Å². The molecular weight excluding hydrogens is 388 g/mol. The Morgan fingerprint density at radius 3 is 3.03 bits per heavy atom. The number of unbranched alkanes of at least 4 members (excludes halogenated alkanes) is 1. The summed E-state index contributed by atoms with van der Waals surface area (Å²) in [6, 6.07) is 10.1. The summed E-state index contributed by atoms with van der Waals surface area (Å²) >= 11 is 0. The Morgan fingerprint density at radius 1 is 1.26 bits per heavy atom. The summed E-state index contributed by atoms with van der Waals surface area (Å²) in [4.78, 5) is 28.1. The molecule has 0 unspecified atom stereocenters. The van der Waals surface area contributed by atoms with Crippen molar-refractivity contribution < 1.29 is 4.79 Å². The molecule has 7 heteroatoms. The molecule has 5 rings (SSSR count). The number of H-pyrrole nitrogens is 1. The van der Waals surface area contributed by atoms with Crippen LogP contribution in [-0.2, 0) is 0 Å². The monoisotopic (exact) mass is 412 g/mol. The molecule has 156 valence electrons. The maximum Gasteiger partial charge on any atom is 0.253 e. The molecule has 0 spiro atoms. The number of benzene rings is 1. The lowest BCUT2D eigenvalue weighted by Crippen LogP contribution is -2.34. The van der Waals surface area contributed by atoms with E-state index in [0.29, 0.717) is 25.1 Å². The molecule has 7 nitrogen and oxygen atoms in total. The molecule has 2 aliphatic rings. The van der Waals surface area contributed by atoms with Gasteiger partial charge >= 0.3 is 0 Å². The van der Waals surface area contributed by atoms with Gasteiger partial charge in [0.15, 0.2) is 5.82 Å². The zero-order valence-corrected chi connectivity index (χ0v) is 17.5. The number of carbonyl (C=O) groups is 1. The van der Waals surface area contributed by atoms with Crippen LogP contribution in [0.25, 0.3) is 22.3 Å². The molecule has 4 bridgehead atoms. The third-order valence-corrected chi connectivity index (χ3v) is 6.07. The highest BCUT2D eigenvalue weighted by molar-refractivity contribution is 6.00. The summed E-state index contributed by atoms with van der Waals surface area (Å²) in [5.41, 5.74) is 6.05. The van der Waals surface area contributed by atoms with Gasteiger partial charge in [-0.3, -0.25) is 4.79 Å². The molecule has 2 aromatic heterocycles. The Balaban J connectivity index is 1.70. The molecule has 0 saturated carbocycles. The zero-order chi connectivity index (χ0) is 21.4. The minimum Gasteiger partial charge on any atom is -0.357 e. The lowest BCUT2D eigenvalue weighted by Gasteiger charge is -2.24. The van der Waals surface area contributed by atoms with Gasteiger partial charge in [-0.1, -0.05) is 24.3 Å². The molecule has 0 fully saturated rings. The first-order valence-corrected chi connectivity index (χ1v) is 10.7. The summed E-state index contributed by atoms with van der Waals surface area (Å²) in [7, 11) is 0. The van der Waals surface area contributed by atoms with E-state index in [9.17, 15) is 4.79 Å². The molecule has 31 heavy (non-hydrogen) atoms. The number of nitrogens with zero attached hydrogens (tertiary/aromatic N) is 4. The first-order valence-electron chi connectivity index (χ1n) is 10.7. The van der Waals surface area contributed by atoms with Crippen molar-refractivity contribution >= 4 is 22.8 Å². The standard InChI is InChI=1S/C24H24N6O/c1-15-23-29-22-17(8-6-9-19(22)27-15)20-13-18-21(28-20)16(14-26-24(18)31)7-2-4-11-30(23)12-5-3-10-25/h2,4,6,8-9,13,16,28H,3,5,7,11-12,14H2,1H3,(H,26,31)/b4-2-/t16-/m0/s1. The second-order valence-electron chi connectivity index (χ2n) is 8.14. The number of hydrogen-bond donors (Lipinski definition) is 2. The van der Waals surface area contributed by atoms with E-state index in [2.05, 4.69) is 33.4 Å². The van der Waals surface area contributed by atoms with E-state index in [1.54, 1.807) is 0 Å². The van der Waals surface area contributed by atoms with Crippen LogP contribution >= 0.6 is 0 Å². The summed E-state index contributed by atoms with van der Waals surface area (Å²) < 4.78 is 0. The molecule has 0 saturated heterocycles. The lowest BCUT2D eigenvalue weighted by atomic mass is 9.94. The molecule has 0 aliphatic carbocycles. The average molecular weight is 412 g/mol. The Hall–Kier alpha value is -3.66. The van der Waals surface area contributed by atoms with Crippen LogP contribution in [0.5, 0.6) is 0 Å². The van der Waals surface area contributed by atoms with Gasteiger partial charge in [0.1, 0.15) is 5.52 Å². The van der Waals surface area contributed by atoms with Crippen LogP contribution in [0.15, 0.2) is 36.4 Å². The van der Waals surface area contributed by atoms with Crippen LogP contribution < -0.4 is 10.2 Å². The normalized spacial score (nSPS) is 18.6. The number of aromatic nitrogens is 3. The SMILES string of the molecule is Cc1nc2cccc3c2nc1N(CCCC#N)C/C=C\C[C@H]1CNC(=O)c2cc-3[nH]c21. The van der Waals surface area contributed by atoms with E-state index in [1.807, 2.05) is 31.2 Å². The van der Waals surface area contributed by atoms with Gasteiger partial charge < -0.3 is 15.2 Å². The number of carbonyl (C=O) groups excluding carboxylic acids is 1. The second-order valence-corrected chi connectivity index (χ2v) is 8.14. The number of nitriles is 1. The van der Waals surface area contributed by atoms with Crippen molar-refractivity contribution in [3.8, 4) is 17.3 Å². The topological polar surface area (TPSA) is 97.7 Å². The molecule has 4 heterocycles. The number of hydrogen-bond acceptors (Lipinski definition) is 5. The van der Waals surface area contributed by atoms with E-state index < -0.39 is 0 Å². The van der Waals surface area contributed by atoms with Crippen molar-refractivity contribution in [1.29, 1.82) is 5.26 Å². The van der Waals surface area contributed by atoms with Crippen molar-refractivity contribution in [2.24, 2.45) is 0 Å². The fourth-order valence-electron chi connectivity index (χ4n) is 4.51. The van der Waals surface area contributed by atoms with E-state index >= 15 is 0 Å². The van der Waals surface area contributed by atoms with Gasteiger partial charge in [-0.05, 0) is 31.9 Å². The summed E-state index contributed by atoms with van der Waals surface area (Å²) in [5.74, 6) is 1.02. The van der Waals surface area contributed by atoms with Crippen molar-refractivity contribution in [2.45, 2.75) is 32.1 Å². The molecule has 1 atom stereocenters. The number of aryl methyl sites for hydroxylation is 1. The molecular formula is C24H24N6O. The number of nitrogens with one attached hydrogen (secondary N) is 2. The number of fused-ring (bicyclic) bond motifs is 3. The zero-order valence-electron chi connectivity index (χ0n) is 17.5. The van der Waals surface area contributed by atoms with Crippen LogP contribution in [0.4, 0.5) is 5.82 Å². The van der Waals surface area contributed by atoms with Crippen molar-refractivity contribution in [3.05, 3.63) is 53.4 Å². The maximum atomic E-state index is 12.5. The Kier molecular flexibility index (Phi) is 4.91. The van der Waals surface area contributed by atoms with E-state index in [4.69, 9.17) is 15.2 Å². The smallest absolute Gasteiger partial charge is 0.253 e. The Bertz CT molecular complexity index is 1230. The summed E-state index contributed by atoms with van der Waals surface area (Å²) in [6.07, 6.45) is 6.47.